The maximum Gasteiger partial charge on any atom is 0.244 e. The van der Waals surface area contributed by atoms with Crippen molar-refractivity contribution in [3.63, 3.8) is 0 Å². The summed E-state index contributed by atoms with van der Waals surface area (Å²) in [7, 11) is 0. The Bertz CT molecular complexity index is 759. The van der Waals surface area contributed by atoms with Crippen LogP contribution in [-0.4, -0.2) is 21.6 Å². The van der Waals surface area contributed by atoms with Gasteiger partial charge in [0.25, 0.3) is 0 Å². The number of anilines is 1. The van der Waals surface area contributed by atoms with Crippen LogP contribution >= 0.6 is 15.9 Å². The van der Waals surface area contributed by atoms with Gasteiger partial charge in [-0.05, 0) is 40.9 Å². The molecule has 1 saturated heterocycles. The normalized spacial score (nSPS) is 22.7. The van der Waals surface area contributed by atoms with Crippen molar-refractivity contribution in [1.29, 1.82) is 5.26 Å². The van der Waals surface area contributed by atoms with Crippen LogP contribution in [-0.2, 0) is 4.79 Å². The minimum atomic E-state index is -0.536. The Kier molecular flexibility index (Phi) is 4.67. The first-order valence-corrected chi connectivity index (χ1v) is 8.80. The second-order valence-corrected chi connectivity index (χ2v) is 6.87. The van der Waals surface area contributed by atoms with Crippen LogP contribution in [0.4, 0.5) is 5.69 Å². The van der Waals surface area contributed by atoms with Crippen molar-refractivity contribution in [3.8, 4) is 6.07 Å². The summed E-state index contributed by atoms with van der Waals surface area (Å²) >= 11 is 3.42. The second kappa shape index (κ2) is 6.71. The summed E-state index contributed by atoms with van der Waals surface area (Å²) in [6.45, 7) is 2.04. The van der Waals surface area contributed by atoms with Crippen molar-refractivity contribution >= 4 is 33.0 Å². The van der Waals surface area contributed by atoms with E-state index in [4.69, 9.17) is 5.26 Å². The van der Waals surface area contributed by atoms with Crippen LogP contribution < -0.4 is 4.90 Å². The topological polar surface area (TPSA) is 61.4 Å². The lowest BCUT2D eigenvalue weighted by Crippen LogP contribution is -2.33. The van der Waals surface area contributed by atoms with Gasteiger partial charge in [-0.25, -0.2) is 4.52 Å². The molecule has 0 spiro atoms. The van der Waals surface area contributed by atoms with Gasteiger partial charge in [0.05, 0.1) is 17.3 Å². The van der Waals surface area contributed by atoms with Gasteiger partial charge in [0.1, 0.15) is 5.92 Å². The molecule has 5 nitrogen and oxygen atoms in total. The number of aromatic nitrogens is 2. The molecule has 0 radical (unpaired) electrons. The van der Waals surface area contributed by atoms with E-state index in [0.717, 1.165) is 22.1 Å². The molecule has 2 fully saturated rings. The van der Waals surface area contributed by atoms with Gasteiger partial charge >= 0.3 is 0 Å². The van der Waals surface area contributed by atoms with Gasteiger partial charge in [-0.15, -0.1) is 0 Å². The monoisotopic (exact) mass is 374 g/mol. The average molecular weight is 375 g/mol. The molecule has 0 N–H and O–H groups in total. The smallest absolute Gasteiger partial charge is 0.244 e. The molecule has 0 aromatic carbocycles. The highest BCUT2D eigenvalue weighted by Crippen LogP contribution is 2.35. The minimum absolute atomic E-state index is 0.0759. The summed E-state index contributed by atoms with van der Waals surface area (Å²) in [6, 6.07) is 5.95. The molecule has 0 bridgehead atoms. The highest BCUT2D eigenvalue weighted by molar-refractivity contribution is 9.10. The molecule has 1 saturated carbocycles. The number of halogens is 1. The number of carbonyl (C=O) groups is 1. The number of nitriles is 1. The predicted octanol–water partition coefficient (Wildman–Crippen LogP) is 3.92. The molecule has 4 rings (SSSR count). The maximum absolute atomic E-state index is 12.4. The number of fused-ring (bicyclic) bond motifs is 1. The van der Waals surface area contributed by atoms with Crippen molar-refractivity contribution in [2.75, 3.05) is 4.90 Å². The van der Waals surface area contributed by atoms with Gasteiger partial charge in [-0.2, -0.15) is 10.4 Å². The van der Waals surface area contributed by atoms with E-state index in [9.17, 15) is 4.79 Å². The van der Waals surface area contributed by atoms with E-state index in [1.165, 1.54) is 19.3 Å². The van der Waals surface area contributed by atoms with Gasteiger partial charge in [0, 0.05) is 22.9 Å². The summed E-state index contributed by atoms with van der Waals surface area (Å²) in [4.78, 5) is 14.2. The standard InChI is InChI=1S/C14H13BrN4O.C3H6/c1-2-11-5-9(7-16)14(20)19(11)12-3-4-17-18-8-10(15)6-13(12)18;1-2-3-1/h3-4,6,8-9,11H,2,5H2,1H3;1-3H2. The summed E-state index contributed by atoms with van der Waals surface area (Å²) in [5.41, 5.74) is 1.69. The number of nitrogens with zero attached hydrogens (tertiary/aromatic N) is 4. The van der Waals surface area contributed by atoms with E-state index in [2.05, 4.69) is 27.1 Å². The minimum Gasteiger partial charge on any atom is -0.306 e. The predicted molar refractivity (Wildman–Crippen MR) is 92.0 cm³/mol. The molecule has 2 aromatic rings. The highest BCUT2D eigenvalue weighted by Gasteiger charge is 2.40. The number of carbonyl (C=O) groups excluding carboxylic acids is 1. The van der Waals surface area contributed by atoms with Crippen molar-refractivity contribution < 1.29 is 4.79 Å². The van der Waals surface area contributed by atoms with Crippen molar-refractivity contribution in [3.05, 3.63) is 29.0 Å². The van der Waals surface area contributed by atoms with Gasteiger partial charge in [-0.3, -0.25) is 4.79 Å². The summed E-state index contributed by atoms with van der Waals surface area (Å²) in [6.07, 6.45) is 9.46. The van der Waals surface area contributed by atoms with Crippen molar-refractivity contribution in [1.82, 2.24) is 9.61 Å². The first-order valence-electron chi connectivity index (χ1n) is 8.01. The molecule has 2 unspecified atom stereocenters. The fraction of sp³-hybridized carbons (Fsp3) is 0.471. The Morgan fingerprint density at radius 3 is 2.78 bits per heavy atom. The van der Waals surface area contributed by atoms with Crippen LogP contribution in [0.15, 0.2) is 29.0 Å². The van der Waals surface area contributed by atoms with Crippen molar-refractivity contribution in [2.24, 2.45) is 5.92 Å². The lowest BCUT2D eigenvalue weighted by Gasteiger charge is -2.24. The fourth-order valence-corrected chi connectivity index (χ4v) is 3.18. The van der Waals surface area contributed by atoms with Crippen LogP contribution in [0.25, 0.3) is 5.52 Å². The Balaban J connectivity index is 0.000000468. The van der Waals surface area contributed by atoms with E-state index in [-0.39, 0.29) is 11.9 Å². The lowest BCUT2D eigenvalue weighted by atomic mass is 10.1. The van der Waals surface area contributed by atoms with E-state index in [1.807, 2.05) is 25.3 Å². The number of hydrogen-bond acceptors (Lipinski definition) is 3. The Morgan fingerprint density at radius 1 is 1.43 bits per heavy atom. The largest absolute Gasteiger partial charge is 0.306 e. The van der Waals surface area contributed by atoms with E-state index < -0.39 is 5.92 Å². The molecule has 120 valence electrons. The number of amides is 1. The molecule has 2 atom stereocenters. The van der Waals surface area contributed by atoms with E-state index >= 15 is 0 Å². The molecule has 6 heteroatoms. The molecular weight excluding hydrogens is 356 g/mol. The Labute approximate surface area is 144 Å². The van der Waals surface area contributed by atoms with Gasteiger partial charge in [0.15, 0.2) is 0 Å². The van der Waals surface area contributed by atoms with Crippen LogP contribution in [0.1, 0.15) is 39.0 Å². The molecule has 2 aliphatic rings. The summed E-state index contributed by atoms with van der Waals surface area (Å²) in [5.74, 6) is -0.642. The van der Waals surface area contributed by atoms with Crippen LogP contribution in [0.2, 0.25) is 0 Å². The second-order valence-electron chi connectivity index (χ2n) is 5.95. The zero-order valence-corrected chi connectivity index (χ0v) is 14.7. The molecule has 23 heavy (non-hydrogen) atoms. The fourth-order valence-electron chi connectivity index (χ4n) is 2.77. The molecule has 1 aliphatic heterocycles. The summed E-state index contributed by atoms with van der Waals surface area (Å²) in [5, 5.41) is 13.3. The SMILES string of the molecule is C1CC1.CCC1CC(C#N)C(=O)N1c1ccnn2cc(Br)cc12. The third-order valence-electron chi connectivity index (χ3n) is 4.10. The first-order chi connectivity index (χ1) is 11.2. The molecular formula is C17H19BrN4O. The molecule has 3 heterocycles. The van der Waals surface area contributed by atoms with Gasteiger partial charge in [0.2, 0.25) is 5.91 Å². The Morgan fingerprint density at radius 2 is 2.17 bits per heavy atom. The Hall–Kier alpha value is -1.87. The summed E-state index contributed by atoms with van der Waals surface area (Å²) < 4.78 is 2.65. The van der Waals surface area contributed by atoms with Gasteiger partial charge < -0.3 is 4.90 Å². The zero-order chi connectivity index (χ0) is 16.4. The average Bonchev–Trinajstić information content (AvgIpc) is 3.33. The zero-order valence-electron chi connectivity index (χ0n) is 13.1. The molecule has 2 aromatic heterocycles. The highest BCUT2D eigenvalue weighted by atomic mass is 79.9. The first kappa shape index (κ1) is 16.0. The number of hydrogen-bond donors (Lipinski definition) is 0. The van der Waals surface area contributed by atoms with Crippen LogP contribution in [0.3, 0.4) is 0 Å². The van der Waals surface area contributed by atoms with Gasteiger partial charge in [-0.1, -0.05) is 26.2 Å². The van der Waals surface area contributed by atoms with Crippen LogP contribution in [0.5, 0.6) is 0 Å². The van der Waals surface area contributed by atoms with Crippen molar-refractivity contribution in [2.45, 2.75) is 45.1 Å². The maximum atomic E-state index is 12.4. The van der Waals surface area contributed by atoms with E-state index in [0.29, 0.717) is 6.42 Å². The lowest BCUT2D eigenvalue weighted by molar-refractivity contribution is -0.119. The molecule has 1 amide bonds. The van der Waals surface area contributed by atoms with Crippen LogP contribution in [0, 0.1) is 17.2 Å². The molecule has 1 aliphatic carbocycles. The third kappa shape index (κ3) is 3.25. The quantitative estimate of drug-likeness (QED) is 0.799. The number of rotatable bonds is 2. The third-order valence-corrected chi connectivity index (χ3v) is 4.54. The van der Waals surface area contributed by atoms with E-state index in [1.54, 1.807) is 15.6 Å².